The van der Waals surface area contributed by atoms with Crippen LogP contribution in [0.1, 0.15) is 18.4 Å². The Labute approximate surface area is 92.3 Å². The van der Waals surface area contributed by atoms with E-state index in [1.165, 1.54) is 0 Å². The van der Waals surface area contributed by atoms with Crippen molar-refractivity contribution < 1.29 is 9.90 Å². The number of nitrogens with one attached hydrogen (secondary N) is 1. The highest BCUT2D eigenvalue weighted by molar-refractivity contribution is 5.83. The summed E-state index contributed by atoms with van der Waals surface area (Å²) in [6, 6.07) is 5.90. The van der Waals surface area contributed by atoms with E-state index >= 15 is 0 Å². The number of rotatable bonds is 3. The van der Waals surface area contributed by atoms with Crippen LogP contribution in [-0.2, 0) is 11.2 Å². The molecule has 2 aromatic rings. The van der Waals surface area contributed by atoms with Crippen molar-refractivity contribution in [2.45, 2.75) is 19.3 Å². The fourth-order valence-electron chi connectivity index (χ4n) is 2.16. The van der Waals surface area contributed by atoms with Crippen LogP contribution in [-0.4, -0.2) is 21.3 Å². The van der Waals surface area contributed by atoms with Crippen molar-refractivity contribution >= 4 is 16.9 Å². The summed E-state index contributed by atoms with van der Waals surface area (Å²) < 4.78 is 0. The molecule has 1 fully saturated rings. The number of nitrogens with zero attached hydrogens (tertiary/aromatic N) is 1. The lowest BCUT2D eigenvalue weighted by Crippen LogP contribution is -2.17. The molecular formula is C12H12N2O2. The third-order valence-corrected chi connectivity index (χ3v) is 3.40. The number of aliphatic carboxylic acids is 1. The minimum Gasteiger partial charge on any atom is -0.481 e. The third-order valence-electron chi connectivity index (χ3n) is 3.40. The predicted molar refractivity (Wildman–Crippen MR) is 59.1 cm³/mol. The first kappa shape index (κ1) is 9.39. The zero-order valence-corrected chi connectivity index (χ0v) is 8.73. The van der Waals surface area contributed by atoms with Crippen LogP contribution in [0, 0.1) is 5.41 Å². The van der Waals surface area contributed by atoms with Gasteiger partial charge in [0.05, 0.1) is 17.1 Å². The number of fused-ring (bicyclic) bond motifs is 1. The molecule has 1 saturated carbocycles. The first-order chi connectivity index (χ1) is 7.71. The van der Waals surface area contributed by atoms with Gasteiger partial charge in [0.15, 0.2) is 0 Å². The van der Waals surface area contributed by atoms with E-state index < -0.39 is 11.4 Å². The van der Waals surface area contributed by atoms with E-state index in [1.807, 2.05) is 18.2 Å². The molecule has 3 rings (SSSR count). The molecule has 0 radical (unpaired) electrons. The number of carboxylic acids is 1. The molecule has 82 valence electrons. The highest BCUT2D eigenvalue weighted by atomic mass is 16.4. The summed E-state index contributed by atoms with van der Waals surface area (Å²) in [5, 5.41) is 17.1. The van der Waals surface area contributed by atoms with Crippen LogP contribution in [0.25, 0.3) is 10.9 Å². The van der Waals surface area contributed by atoms with Crippen molar-refractivity contribution in [3.05, 3.63) is 30.0 Å². The van der Waals surface area contributed by atoms with E-state index in [2.05, 4.69) is 10.2 Å². The summed E-state index contributed by atoms with van der Waals surface area (Å²) in [6.45, 7) is 0. The number of carboxylic acid groups (broad SMARTS) is 1. The molecule has 1 aromatic heterocycles. The number of para-hydroxylation sites is 1. The average molecular weight is 216 g/mol. The summed E-state index contributed by atoms with van der Waals surface area (Å²) in [7, 11) is 0. The highest BCUT2D eigenvalue weighted by Crippen LogP contribution is 2.49. The number of benzene rings is 1. The Kier molecular flexibility index (Phi) is 1.80. The van der Waals surface area contributed by atoms with Crippen LogP contribution < -0.4 is 0 Å². The van der Waals surface area contributed by atoms with Gasteiger partial charge in [0.2, 0.25) is 0 Å². The van der Waals surface area contributed by atoms with Gasteiger partial charge in [-0.2, -0.15) is 5.10 Å². The van der Waals surface area contributed by atoms with Gasteiger partial charge in [-0.05, 0) is 24.8 Å². The van der Waals surface area contributed by atoms with Gasteiger partial charge in [0.1, 0.15) is 0 Å². The lowest BCUT2D eigenvalue weighted by Gasteiger charge is -2.09. The number of aromatic amines is 1. The standard InChI is InChI=1S/C12H12N2O2/c15-11(16)12(4-5-12)6-8-2-1-3-9-7-13-14-10(8)9/h1-3,7H,4-6H2,(H,13,14)(H,15,16). The molecule has 1 aliphatic carbocycles. The van der Waals surface area contributed by atoms with Gasteiger partial charge in [-0.15, -0.1) is 0 Å². The predicted octanol–water partition coefficient (Wildman–Crippen LogP) is 1.97. The van der Waals surface area contributed by atoms with Crippen LogP contribution in [0.5, 0.6) is 0 Å². The number of carbonyl (C=O) groups is 1. The zero-order chi connectivity index (χ0) is 11.2. The molecule has 0 unspecified atom stereocenters. The van der Waals surface area contributed by atoms with Gasteiger partial charge in [0.25, 0.3) is 0 Å². The Morgan fingerprint density at radius 2 is 2.31 bits per heavy atom. The van der Waals surface area contributed by atoms with E-state index in [9.17, 15) is 4.79 Å². The van der Waals surface area contributed by atoms with Crippen LogP contribution in [0.3, 0.4) is 0 Å². The van der Waals surface area contributed by atoms with Gasteiger partial charge >= 0.3 is 5.97 Å². The average Bonchev–Trinajstić information content (AvgIpc) is 2.89. The monoisotopic (exact) mass is 216 g/mol. The molecule has 16 heavy (non-hydrogen) atoms. The largest absolute Gasteiger partial charge is 0.481 e. The molecule has 4 heteroatoms. The smallest absolute Gasteiger partial charge is 0.309 e. The fourth-order valence-corrected chi connectivity index (χ4v) is 2.16. The molecule has 0 amide bonds. The molecule has 4 nitrogen and oxygen atoms in total. The maximum Gasteiger partial charge on any atom is 0.309 e. The molecule has 0 aliphatic heterocycles. The minimum absolute atomic E-state index is 0.514. The van der Waals surface area contributed by atoms with Crippen molar-refractivity contribution in [1.82, 2.24) is 10.2 Å². The Hall–Kier alpha value is -1.84. The first-order valence-electron chi connectivity index (χ1n) is 5.36. The van der Waals surface area contributed by atoms with Crippen LogP contribution in [0.2, 0.25) is 0 Å². The minimum atomic E-state index is -0.677. The number of hydrogen-bond donors (Lipinski definition) is 2. The maximum atomic E-state index is 11.1. The fraction of sp³-hybridized carbons (Fsp3) is 0.333. The molecule has 1 aromatic carbocycles. The summed E-state index contributed by atoms with van der Waals surface area (Å²) in [4.78, 5) is 11.1. The van der Waals surface area contributed by atoms with Gasteiger partial charge in [-0.3, -0.25) is 9.89 Å². The van der Waals surface area contributed by atoms with Gasteiger partial charge in [-0.25, -0.2) is 0 Å². The van der Waals surface area contributed by atoms with E-state index in [1.54, 1.807) is 6.20 Å². The van der Waals surface area contributed by atoms with Gasteiger partial charge < -0.3 is 5.11 Å². The number of H-pyrrole nitrogens is 1. The number of aromatic nitrogens is 2. The molecular weight excluding hydrogens is 204 g/mol. The summed E-state index contributed by atoms with van der Waals surface area (Å²) >= 11 is 0. The van der Waals surface area contributed by atoms with Gasteiger partial charge in [0, 0.05) is 5.39 Å². The summed E-state index contributed by atoms with van der Waals surface area (Å²) in [6.07, 6.45) is 3.93. The Morgan fingerprint density at radius 3 is 3.00 bits per heavy atom. The molecule has 2 N–H and O–H groups in total. The molecule has 0 spiro atoms. The summed E-state index contributed by atoms with van der Waals surface area (Å²) in [5.41, 5.74) is 1.50. The molecule has 1 heterocycles. The quantitative estimate of drug-likeness (QED) is 0.824. The SMILES string of the molecule is O=C(O)C1(Cc2cccc3cn[nH]c23)CC1. The highest BCUT2D eigenvalue weighted by Gasteiger charge is 2.50. The van der Waals surface area contributed by atoms with E-state index in [0.29, 0.717) is 6.42 Å². The van der Waals surface area contributed by atoms with E-state index in [4.69, 9.17) is 5.11 Å². The molecule has 1 aliphatic rings. The van der Waals surface area contributed by atoms with Crippen molar-refractivity contribution in [3.8, 4) is 0 Å². The Morgan fingerprint density at radius 1 is 1.50 bits per heavy atom. The van der Waals surface area contributed by atoms with Crippen molar-refractivity contribution in [2.75, 3.05) is 0 Å². The van der Waals surface area contributed by atoms with Crippen LogP contribution in [0.15, 0.2) is 24.4 Å². The second-order valence-corrected chi connectivity index (χ2v) is 4.51. The van der Waals surface area contributed by atoms with Crippen molar-refractivity contribution in [1.29, 1.82) is 0 Å². The van der Waals surface area contributed by atoms with E-state index in [0.717, 1.165) is 29.3 Å². The maximum absolute atomic E-state index is 11.1. The Balaban J connectivity index is 2.01. The molecule has 0 saturated heterocycles. The second kappa shape index (κ2) is 3.07. The molecule has 0 bridgehead atoms. The van der Waals surface area contributed by atoms with Crippen LogP contribution >= 0.6 is 0 Å². The first-order valence-corrected chi connectivity index (χ1v) is 5.36. The zero-order valence-electron chi connectivity index (χ0n) is 8.73. The third kappa shape index (κ3) is 1.30. The van der Waals surface area contributed by atoms with Crippen molar-refractivity contribution in [2.24, 2.45) is 5.41 Å². The van der Waals surface area contributed by atoms with Crippen LogP contribution in [0.4, 0.5) is 0 Å². The lowest BCUT2D eigenvalue weighted by molar-refractivity contribution is -0.143. The second-order valence-electron chi connectivity index (χ2n) is 4.51. The van der Waals surface area contributed by atoms with E-state index in [-0.39, 0.29) is 0 Å². The lowest BCUT2D eigenvalue weighted by atomic mass is 9.95. The van der Waals surface area contributed by atoms with Crippen molar-refractivity contribution in [3.63, 3.8) is 0 Å². The Bertz CT molecular complexity index is 555. The molecule has 0 atom stereocenters. The number of hydrogen-bond acceptors (Lipinski definition) is 2. The normalized spacial score (nSPS) is 17.5. The topological polar surface area (TPSA) is 66.0 Å². The van der Waals surface area contributed by atoms with Gasteiger partial charge in [-0.1, -0.05) is 18.2 Å². The summed E-state index contributed by atoms with van der Waals surface area (Å²) in [5.74, 6) is -0.677.